The fourth-order valence-electron chi connectivity index (χ4n) is 3.00. The average Bonchev–Trinajstić information content (AvgIpc) is 2.57. The molecular formula is C15H29F2N. The highest BCUT2D eigenvalue weighted by Gasteiger charge is 2.39. The van der Waals surface area contributed by atoms with Gasteiger partial charge in [0.1, 0.15) is 0 Å². The molecule has 1 fully saturated rings. The Morgan fingerprint density at radius 3 is 2.50 bits per heavy atom. The van der Waals surface area contributed by atoms with E-state index in [1.165, 1.54) is 0 Å². The van der Waals surface area contributed by atoms with Crippen LogP contribution >= 0.6 is 0 Å². The lowest BCUT2D eigenvalue weighted by Gasteiger charge is -2.21. The maximum atomic E-state index is 13.2. The predicted molar refractivity (Wildman–Crippen MR) is 73.0 cm³/mol. The van der Waals surface area contributed by atoms with E-state index < -0.39 is 5.92 Å². The molecule has 18 heavy (non-hydrogen) atoms. The van der Waals surface area contributed by atoms with Gasteiger partial charge in [-0.3, -0.25) is 0 Å². The van der Waals surface area contributed by atoms with E-state index in [0.717, 1.165) is 38.8 Å². The van der Waals surface area contributed by atoms with Gasteiger partial charge < -0.3 is 5.32 Å². The summed E-state index contributed by atoms with van der Waals surface area (Å²) in [4.78, 5) is 0. The first-order valence-corrected chi connectivity index (χ1v) is 7.51. The Morgan fingerprint density at radius 2 is 2.00 bits per heavy atom. The molecule has 1 aliphatic rings. The molecule has 3 heteroatoms. The molecule has 0 aromatic carbocycles. The molecule has 0 heterocycles. The van der Waals surface area contributed by atoms with Gasteiger partial charge in [0.2, 0.25) is 5.92 Å². The molecule has 0 saturated heterocycles. The van der Waals surface area contributed by atoms with Crippen molar-refractivity contribution >= 4 is 0 Å². The maximum absolute atomic E-state index is 13.2. The highest BCUT2D eigenvalue weighted by atomic mass is 19.3. The van der Waals surface area contributed by atoms with Gasteiger partial charge in [0, 0.05) is 12.8 Å². The van der Waals surface area contributed by atoms with Crippen LogP contribution in [-0.4, -0.2) is 19.0 Å². The summed E-state index contributed by atoms with van der Waals surface area (Å²) in [5.74, 6) is -0.902. The molecule has 0 bridgehead atoms. The topological polar surface area (TPSA) is 12.0 Å². The van der Waals surface area contributed by atoms with E-state index in [4.69, 9.17) is 0 Å². The molecule has 1 aliphatic carbocycles. The van der Waals surface area contributed by atoms with Gasteiger partial charge in [0.15, 0.2) is 0 Å². The normalized spacial score (nSPS) is 24.7. The van der Waals surface area contributed by atoms with E-state index in [-0.39, 0.29) is 18.8 Å². The van der Waals surface area contributed by atoms with Crippen LogP contribution in [-0.2, 0) is 0 Å². The molecule has 2 unspecified atom stereocenters. The molecule has 0 aromatic heterocycles. The fraction of sp³-hybridized carbons (Fsp3) is 1.00. The van der Waals surface area contributed by atoms with Gasteiger partial charge in [-0.05, 0) is 50.1 Å². The van der Waals surface area contributed by atoms with Crippen molar-refractivity contribution in [1.29, 1.82) is 0 Å². The van der Waals surface area contributed by atoms with Crippen LogP contribution in [0.3, 0.4) is 0 Å². The van der Waals surface area contributed by atoms with E-state index in [1.807, 2.05) is 0 Å². The van der Waals surface area contributed by atoms with E-state index in [0.29, 0.717) is 11.8 Å². The van der Waals surface area contributed by atoms with E-state index in [2.05, 4.69) is 26.1 Å². The second-order valence-corrected chi connectivity index (χ2v) is 6.41. The minimum atomic E-state index is -2.38. The molecule has 1 N–H and O–H groups in total. The van der Waals surface area contributed by atoms with Crippen molar-refractivity contribution in [3.8, 4) is 0 Å². The largest absolute Gasteiger partial charge is 0.316 e. The van der Waals surface area contributed by atoms with Crippen molar-refractivity contribution in [2.75, 3.05) is 13.1 Å². The second kappa shape index (κ2) is 7.42. The molecule has 1 nitrogen and oxygen atoms in total. The highest BCUT2D eigenvalue weighted by Crippen LogP contribution is 2.41. The van der Waals surface area contributed by atoms with Gasteiger partial charge in [0.05, 0.1) is 0 Å². The summed E-state index contributed by atoms with van der Waals surface area (Å²) in [5.41, 5.74) is 0. The van der Waals surface area contributed by atoms with Gasteiger partial charge in [-0.15, -0.1) is 0 Å². The minimum Gasteiger partial charge on any atom is -0.316 e. The smallest absolute Gasteiger partial charge is 0.248 e. The number of rotatable bonds is 8. The van der Waals surface area contributed by atoms with Crippen LogP contribution in [0.25, 0.3) is 0 Å². The van der Waals surface area contributed by atoms with Crippen LogP contribution in [0, 0.1) is 17.8 Å². The van der Waals surface area contributed by atoms with Crippen LogP contribution in [0.5, 0.6) is 0 Å². The summed E-state index contributed by atoms with van der Waals surface area (Å²) in [6.45, 7) is 8.59. The predicted octanol–water partition coefficient (Wildman–Crippen LogP) is 4.47. The van der Waals surface area contributed by atoms with Gasteiger partial charge >= 0.3 is 0 Å². The van der Waals surface area contributed by atoms with Crippen molar-refractivity contribution in [1.82, 2.24) is 5.32 Å². The summed E-state index contributed by atoms with van der Waals surface area (Å²) in [6.07, 6.45) is 4.24. The van der Waals surface area contributed by atoms with E-state index >= 15 is 0 Å². The van der Waals surface area contributed by atoms with Crippen molar-refractivity contribution in [3.05, 3.63) is 0 Å². The lowest BCUT2D eigenvalue weighted by molar-refractivity contribution is 0.00399. The average molecular weight is 261 g/mol. The lowest BCUT2D eigenvalue weighted by Crippen LogP contribution is -2.27. The van der Waals surface area contributed by atoms with Gasteiger partial charge in [0.25, 0.3) is 0 Å². The Hall–Kier alpha value is -0.180. The number of hydrogen-bond donors (Lipinski definition) is 1. The maximum Gasteiger partial charge on any atom is 0.248 e. The molecule has 0 spiro atoms. The Morgan fingerprint density at radius 1 is 1.28 bits per heavy atom. The van der Waals surface area contributed by atoms with Crippen molar-refractivity contribution < 1.29 is 8.78 Å². The molecule has 108 valence electrons. The monoisotopic (exact) mass is 261 g/mol. The lowest BCUT2D eigenvalue weighted by atomic mass is 9.90. The standard InChI is InChI=1S/C15H29F2N/c1-4-5-14(11-18-10-12(2)3)8-13-6-7-15(16,17)9-13/h12-14,18H,4-11H2,1-3H3. The molecular weight excluding hydrogens is 232 g/mol. The van der Waals surface area contributed by atoms with Crippen molar-refractivity contribution in [2.24, 2.45) is 17.8 Å². The van der Waals surface area contributed by atoms with Crippen LogP contribution < -0.4 is 5.32 Å². The Labute approximate surface area is 111 Å². The summed E-state index contributed by atoms with van der Waals surface area (Å²) in [6, 6.07) is 0. The van der Waals surface area contributed by atoms with Crippen LogP contribution in [0.15, 0.2) is 0 Å². The number of halogens is 2. The second-order valence-electron chi connectivity index (χ2n) is 6.41. The molecule has 1 rings (SSSR count). The zero-order valence-corrected chi connectivity index (χ0v) is 12.1. The summed E-state index contributed by atoms with van der Waals surface area (Å²) >= 11 is 0. The van der Waals surface area contributed by atoms with Gasteiger partial charge in [-0.25, -0.2) is 8.78 Å². The Kier molecular flexibility index (Phi) is 6.54. The zero-order valence-electron chi connectivity index (χ0n) is 12.1. The van der Waals surface area contributed by atoms with Crippen molar-refractivity contribution in [3.63, 3.8) is 0 Å². The first-order valence-electron chi connectivity index (χ1n) is 7.51. The van der Waals surface area contributed by atoms with Gasteiger partial charge in [-0.2, -0.15) is 0 Å². The molecule has 0 aliphatic heterocycles. The summed E-state index contributed by atoms with van der Waals surface area (Å²) in [7, 11) is 0. The molecule has 0 radical (unpaired) electrons. The first-order chi connectivity index (χ1) is 8.43. The third-order valence-corrected chi connectivity index (χ3v) is 3.85. The summed E-state index contributed by atoms with van der Waals surface area (Å²) in [5, 5.41) is 3.48. The minimum absolute atomic E-state index is 0.107. The molecule has 0 aromatic rings. The Balaban J connectivity index is 2.29. The van der Waals surface area contributed by atoms with Gasteiger partial charge in [-0.1, -0.05) is 27.2 Å². The Bertz CT molecular complexity index is 229. The zero-order chi connectivity index (χ0) is 13.6. The van der Waals surface area contributed by atoms with Crippen LogP contribution in [0.4, 0.5) is 8.78 Å². The van der Waals surface area contributed by atoms with E-state index in [1.54, 1.807) is 0 Å². The third kappa shape index (κ3) is 6.12. The molecule has 1 saturated carbocycles. The molecule has 0 amide bonds. The number of alkyl halides is 2. The molecule has 2 atom stereocenters. The summed E-state index contributed by atoms with van der Waals surface area (Å²) < 4.78 is 26.3. The third-order valence-electron chi connectivity index (χ3n) is 3.85. The van der Waals surface area contributed by atoms with Crippen LogP contribution in [0.2, 0.25) is 0 Å². The number of hydrogen-bond acceptors (Lipinski definition) is 1. The highest BCUT2D eigenvalue weighted by molar-refractivity contribution is 4.83. The SMILES string of the molecule is CCCC(CNCC(C)C)CC1CCC(F)(F)C1. The van der Waals surface area contributed by atoms with Crippen molar-refractivity contribution in [2.45, 2.75) is 65.2 Å². The first kappa shape index (κ1) is 15.9. The number of nitrogens with one attached hydrogen (secondary N) is 1. The fourth-order valence-corrected chi connectivity index (χ4v) is 3.00. The van der Waals surface area contributed by atoms with Crippen LogP contribution in [0.1, 0.15) is 59.3 Å². The van der Waals surface area contributed by atoms with E-state index in [9.17, 15) is 8.78 Å². The quantitative estimate of drug-likeness (QED) is 0.679.